The van der Waals surface area contributed by atoms with Crippen LogP contribution in [0, 0.1) is 6.92 Å². The van der Waals surface area contributed by atoms with Crippen LogP contribution in [-0.2, 0) is 4.79 Å². The van der Waals surface area contributed by atoms with Gasteiger partial charge in [0.05, 0.1) is 0 Å². The summed E-state index contributed by atoms with van der Waals surface area (Å²) in [4.78, 5) is 10.5. The van der Waals surface area contributed by atoms with Crippen molar-refractivity contribution in [2.75, 3.05) is 0 Å². The monoisotopic (exact) mass is 190 g/mol. The van der Waals surface area contributed by atoms with Gasteiger partial charge in [-0.1, -0.05) is 12.1 Å². The molecule has 0 amide bonds. The van der Waals surface area contributed by atoms with E-state index < -0.39 is 0 Å². The van der Waals surface area contributed by atoms with Crippen LogP contribution in [0.2, 0.25) is 0 Å². The van der Waals surface area contributed by atoms with Crippen LogP contribution in [0.5, 0.6) is 5.75 Å². The molecule has 0 aliphatic rings. The molecule has 0 atom stereocenters. The summed E-state index contributed by atoms with van der Waals surface area (Å²) in [7, 11) is 0. The second-order valence-electron chi connectivity index (χ2n) is 2.41. The van der Waals surface area contributed by atoms with Crippen LogP contribution in [0.3, 0.4) is 0 Å². The number of ether oxygens (including phenoxy) is 1. The van der Waals surface area contributed by atoms with Crippen LogP contribution < -0.4 is 4.74 Å². The molecule has 3 heteroatoms. The third kappa shape index (κ3) is 4.38. The number of carbonyl (C=O) groups is 1. The van der Waals surface area contributed by atoms with Crippen LogP contribution >= 0.6 is 0 Å². The molecule has 0 radical (unpaired) electrons. The number of carbonyl (C=O) groups excluding carboxylic acids is 1. The van der Waals surface area contributed by atoms with E-state index in [4.69, 9.17) is 4.74 Å². The Morgan fingerprint density at radius 1 is 1.42 bits per heavy atom. The second kappa shape index (κ2) is 5.88. The van der Waals surface area contributed by atoms with E-state index in [1.807, 2.05) is 25.1 Å². The van der Waals surface area contributed by atoms with Crippen molar-refractivity contribution in [2.45, 2.75) is 13.8 Å². The average molecular weight is 190 g/mol. The van der Waals surface area contributed by atoms with Crippen molar-refractivity contribution in [1.29, 1.82) is 0 Å². The van der Waals surface area contributed by atoms with E-state index in [9.17, 15) is 4.79 Å². The zero-order valence-corrected chi connectivity index (χ0v) is 6.63. The maximum absolute atomic E-state index is 10.5. The Labute approximate surface area is 115 Å². The Balaban J connectivity index is 0.00000121. The number of aryl methyl sites for hydroxylation is 1. The molecule has 0 fully saturated rings. The predicted octanol–water partition coefficient (Wildman–Crippen LogP) is 1.27. The van der Waals surface area contributed by atoms with E-state index in [-0.39, 0.29) is 57.4 Å². The molecule has 12 heavy (non-hydrogen) atoms. The van der Waals surface area contributed by atoms with Gasteiger partial charge in [0.25, 0.3) is 0 Å². The summed E-state index contributed by atoms with van der Waals surface area (Å²) < 4.78 is 4.86. The topological polar surface area (TPSA) is 26.3 Å². The van der Waals surface area contributed by atoms with E-state index in [1.165, 1.54) is 6.92 Å². The first-order chi connectivity index (χ1) is 5.18. The minimum absolute atomic E-state index is 0. The van der Waals surface area contributed by atoms with Gasteiger partial charge in [0, 0.05) is 6.92 Å². The summed E-state index contributed by atoms with van der Waals surface area (Å²) in [6.07, 6.45) is 0. The van der Waals surface area contributed by atoms with E-state index in [1.54, 1.807) is 6.07 Å². The van der Waals surface area contributed by atoms with Crippen LogP contribution in [0.4, 0.5) is 0 Å². The average Bonchev–Trinajstić information content (AvgIpc) is 1.85. The minimum atomic E-state index is -0.282. The SMILES string of the molecule is CC(=O)Oc1cccc(C)c1.[KH]. The summed E-state index contributed by atoms with van der Waals surface area (Å²) in [6, 6.07) is 7.39. The van der Waals surface area contributed by atoms with Gasteiger partial charge < -0.3 is 4.74 Å². The first-order valence-electron chi connectivity index (χ1n) is 3.43. The predicted molar refractivity (Wildman–Crippen MR) is 49.6 cm³/mol. The molecule has 60 valence electrons. The van der Waals surface area contributed by atoms with Gasteiger partial charge in [-0.2, -0.15) is 0 Å². The first-order valence-corrected chi connectivity index (χ1v) is 3.43. The zero-order valence-electron chi connectivity index (χ0n) is 6.63. The molecule has 0 saturated heterocycles. The molecule has 0 aliphatic heterocycles. The fraction of sp³-hybridized carbons (Fsp3) is 0.222. The van der Waals surface area contributed by atoms with Crippen molar-refractivity contribution in [3.05, 3.63) is 29.8 Å². The molecule has 0 N–H and O–H groups in total. The van der Waals surface area contributed by atoms with Gasteiger partial charge in [-0.05, 0) is 24.6 Å². The normalized spacial score (nSPS) is 8.50. The summed E-state index contributed by atoms with van der Waals surface area (Å²) in [5.41, 5.74) is 1.09. The Hall–Kier alpha value is 0.326. The molecule has 0 heterocycles. The third-order valence-electron chi connectivity index (χ3n) is 1.25. The van der Waals surface area contributed by atoms with Crippen molar-refractivity contribution >= 4 is 57.4 Å². The third-order valence-corrected chi connectivity index (χ3v) is 1.25. The Bertz CT molecular complexity index is 271. The van der Waals surface area contributed by atoms with Gasteiger partial charge in [0.1, 0.15) is 5.75 Å². The Kier molecular flexibility index (Phi) is 6.04. The van der Waals surface area contributed by atoms with Crippen molar-refractivity contribution in [2.24, 2.45) is 0 Å². The van der Waals surface area contributed by atoms with Gasteiger partial charge in [-0.3, -0.25) is 4.79 Å². The fourth-order valence-electron chi connectivity index (χ4n) is 0.845. The van der Waals surface area contributed by atoms with Gasteiger partial charge in [-0.15, -0.1) is 0 Å². The molecule has 0 unspecified atom stereocenters. The summed E-state index contributed by atoms with van der Waals surface area (Å²) >= 11 is 0. The van der Waals surface area contributed by atoms with Gasteiger partial charge in [0.2, 0.25) is 0 Å². The van der Waals surface area contributed by atoms with E-state index in [2.05, 4.69) is 0 Å². The molecule has 0 spiro atoms. The Morgan fingerprint density at radius 3 is 2.58 bits per heavy atom. The second-order valence-corrected chi connectivity index (χ2v) is 2.41. The van der Waals surface area contributed by atoms with Gasteiger partial charge >= 0.3 is 57.4 Å². The maximum atomic E-state index is 10.5. The molecular formula is C9H11KO2. The van der Waals surface area contributed by atoms with Gasteiger partial charge in [0.15, 0.2) is 0 Å². The zero-order chi connectivity index (χ0) is 8.27. The molecule has 1 aromatic carbocycles. The molecule has 0 aromatic heterocycles. The molecular weight excluding hydrogens is 179 g/mol. The summed E-state index contributed by atoms with van der Waals surface area (Å²) in [6.45, 7) is 3.34. The number of esters is 1. The number of rotatable bonds is 1. The quantitative estimate of drug-likeness (QED) is 0.379. The van der Waals surface area contributed by atoms with E-state index >= 15 is 0 Å². The van der Waals surface area contributed by atoms with E-state index in [0.717, 1.165) is 5.56 Å². The van der Waals surface area contributed by atoms with Crippen LogP contribution in [-0.4, -0.2) is 57.4 Å². The molecule has 0 bridgehead atoms. The summed E-state index contributed by atoms with van der Waals surface area (Å²) in [5.74, 6) is 0.327. The molecule has 1 aromatic rings. The molecule has 0 saturated carbocycles. The number of benzene rings is 1. The van der Waals surface area contributed by atoms with Crippen molar-refractivity contribution in [1.82, 2.24) is 0 Å². The van der Waals surface area contributed by atoms with Crippen LogP contribution in [0.1, 0.15) is 12.5 Å². The Morgan fingerprint density at radius 2 is 2.08 bits per heavy atom. The van der Waals surface area contributed by atoms with Crippen molar-refractivity contribution < 1.29 is 9.53 Å². The number of hydrogen-bond acceptors (Lipinski definition) is 2. The summed E-state index contributed by atoms with van der Waals surface area (Å²) in [5, 5.41) is 0. The first kappa shape index (κ1) is 12.3. The number of hydrogen-bond donors (Lipinski definition) is 0. The van der Waals surface area contributed by atoms with Crippen molar-refractivity contribution in [3.8, 4) is 5.75 Å². The van der Waals surface area contributed by atoms with E-state index in [0.29, 0.717) is 5.75 Å². The molecule has 2 nitrogen and oxygen atoms in total. The molecule has 1 rings (SSSR count). The molecule has 0 aliphatic carbocycles. The van der Waals surface area contributed by atoms with Crippen LogP contribution in [0.15, 0.2) is 24.3 Å². The van der Waals surface area contributed by atoms with Crippen LogP contribution in [0.25, 0.3) is 0 Å². The van der Waals surface area contributed by atoms with Gasteiger partial charge in [-0.25, -0.2) is 0 Å². The van der Waals surface area contributed by atoms with Crippen molar-refractivity contribution in [3.63, 3.8) is 0 Å². The fourth-order valence-corrected chi connectivity index (χ4v) is 0.845. The standard InChI is InChI=1S/C9H10O2.K.H/c1-7-4-3-5-9(6-7)11-8(2)10;;/h3-6H,1-2H3;;.